The number of hydrogen-bond acceptors (Lipinski definition) is 5. The van der Waals surface area contributed by atoms with Crippen LogP contribution in [-0.2, 0) is 6.54 Å². The van der Waals surface area contributed by atoms with E-state index in [1.165, 1.54) is 25.9 Å². The van der Waals surface area contributed by atoms with Crippen molar-refractivity contribution in [2.45, 2.75) is 19.4 Å². The highest BCUT2D eigenvalue weighted by molar-refractivity contribution is 6.36. The second-order valence-electron chi connectivity index (χ2n) is 8.19. The number of hydrogen-bond donors (Lipinski definition) is 4. The molecule has 4 N–H and O–H groups in total. The van der Waals surface area contributed by atoms with Crippen LogP contribution in [0.1, 0.15) is 28.8 Å². The first-order valence-electron chi connectivity index (χ1n) is 10.7. The molecule has 7 nitrogen and oxygen atoms in total. The minimum absolute atomic E-state index is 0.158. The lowest BCUT2D eigenvalue weighted by molar-refractivity contribution is 0.0964. The van der Waals surface area contributed by atoms with Crippen LogP contribution in [0.15, 0.2) is 36.7 Å². The predicted octanol–water partition coefficient (Wildman–Crippen LogP) is 3.94. The number of halogens is 1. The number of nitrogens with one attached hydrogen (secondary N) is 4. The Morgan fingerprint density at radius 2 is 2.06 bits per heavy atom. The van der Waals surface area contributed by atoms with E-state index in [0.717, 1.165) is 34.5 Å². The Bertz CT molecular complexity index is 1040. The quantitative estimate of drug-likeness (QED) is 0.447. The summed E-state index contributed by atoms with van der Waals surface area (Å²) in [5, 5.41) is 10.9. The summed E-state index contributed by atoms with van der Waals surface area (Å²) in [6.07, 6.45) is 6.05. The van der Waals surface area contributed by atoms with Gasteiger partial charge in [0.15, 0.2) is 0 Å². The third-order valence-electron chi connectivity index (χ3n) is 5.94. The van der Waals surface area contributed by atoms with Crippen molar-refractivity contribution in [1.29, 1.82) is 0 Å². The van der Waals surface area contributed by atoms with Gasteiger partial charge in [-0.1, -0.05) is 17.7 Å². The van der Waals surface area contributed by atoms with Gasteiger partial charge in [-0.05, 0) is 62.7 Å². The van der Waals surface area contributed by atoms with Crippen molar-refractivity contribution in [3.63, 3.8) is 0 Å². The molecule has 1 amide bonds. The first kappa shape index (κ1) is 21.5. The van der Waals surface area contributed by atoms with Crippen molar-refractivity contribution in [3.05, 3.63) is 52.8 Å². The van der Waals surface area contributed by atoms with E-state index in [1.54, 1.807) is 13.2 Å². The standard InChI is InChI=1S/C23H29ClN6O/c1-25-23(31)19-10-17(9-18-20(24)14-29-22(18)19)26-12-16-3-4-21(28-13-16)27-11-15-5-7-30(2)8-6-15/h3-4,9-10,13-15,26,29H,5-8,11-12H2,1-2H3,(H,25,31)(H,27,28). The Kier molecular flexibility index (Phi) is 6.63. The molecule has 3 heterocycles. The Hall–Kier alpha value is -2.77. The molecular formula is C23H29ClN6O. The van der Waals surface area contributed by atoms with E-state index in [-0.39, 0.29) is 5.91 Å². The second kappa shape index (κ2) is 9.58. The van der Waals surface area contributed by atoms with Gasteiger partial charge in [0, 0.05) is 43.6 Å². The molecule has 1 aliphatic heterocycles. The molecule has 0 saturated carbocycles. The third-order valence-corrected chi connectivity index (χ3v) is 6.25. The van der Waals surface area contributed by atoms with Gasteiger partial charge in [-0.25, -0.2) is 4.98 Å². The number of nitrogens with zero attached hydrogens (tertiary/aromatic N) is 2. The van der Waals surface area contributed by atoms with Crippen LogP contribution >= 0.6 is 11.6 Å². The van der Waals surface area contributed by atoms with Gasteiger partial charge in [0.1, 0.15) is 5.82 Å². The van der Waals surface area contributed by atoms with E-state index >= 15 is 0 Å². The van der Waals surface area contributed by atoms with Crippen LogP contribution < -0.4 is 16.0 Å². The van der Waals surface area contributed by atoms with Crippen molar-refractivity contribution in [2.75, 3.05) is 44.4 Å². The maximum Gasteiger partial charge on any atom is 0.253 e. The summed E-state index contributed by atoms with van der Waals surface area (Å²) < 4.78 is 0. The molecule has 31 heavy (non-hydrogen) atoms. The zero-order chi connectivity index (χ0) is 21.8. The van der Waals surface area contributed by atoms with E-state index in [1.807, 2.05) is 24.4 Å². The highest BCUT2D eigenvalue weighted by Crippen LogP contribution is 2.29. The zero-order valence-electron chi connectivity index (χ0n) is 18.0. The van der Waals surface area contributed by atoms with Crippen LogP contribution in [0.25, 0.3) is 10.9 Å². The Labute approximate surface area is 187 Å². The molecule has 0 radical (unpaired) electrons. The fraction of sp³-hybridized carbons (Fsp3) is 0.391. The number of carbonyl (C=O) groups excluding carboxylic acids is 1. The molecule has 1 aromatic carbocycles. The molecule has 0 spiro atoms. The summed E-state index contributed by atoms with van der Waals surface area (Å²) in [5.41, 5.74) is 3.18. The van der Waals surface area contributed by atoms with Gasteiger partial charge in [0.25, 0.3) is 5.91 Å². The number of H-pyrrole nitrogens is 1. The number of rotatable bonds is 7. The van der Waals surface area contributed by atoms with Crippen LogP contribution in [0.3, 0.4) is 0 Å². The summed E-state index contributed by atoms with van der Waals surface area (Å²) in [6, 6.07) is 7.87. The smallest absolute Gasteiger partial charge is 0.253 e. The normalized spacial score (nSPS) is 15.2. The van der Waals surface area contributed by atoms with Crippen LogP contribution in [0.5, 0.6) is 0 Å². The summed E-state index contributed by atoms with van der Waals surface area (Å²) in [4.78, 5) is 22.3. The number of pyridine rings is 1. The van der Waals surface area contributed by atoms with Crippen LogP contribution in [-0.4, -0.2) is 54.5 Å². The predicted molar refractivity (Wildman–Crippen MR) is 127 cm³/mol. The number of piperidine rings is 1. The molecule has 8 heteroatoms. The molecule has 0 aliphatic carbocycles. The Morgan fingerprint density at radius 1 is 1.26 bits per heavy atom. The van der Waals surface area contributed by atoms with Crippen LogP contribution in [0.2, 0.25) is 5.02 Å². The number of benzene rings is 1. The van der Waals surface area contributed by atoms with Gasteiger partial charge in [-0.15, -0.1) is 0 Å². The zero-order valence-corrected chi connectivity index (χ0v) is 18.7. The summed E-state index contributed by atoms with van der Waals surface area (Å²) in [6.45, 7) is 3.92. The molecule has 0 atom stereocenters. The van der Waals surface area contributed by atoms with E-state index in [4.69, 9.17) is 11.6 Å². The van der Waals surface area contributed by atoms with Gasteiger partial charge in [0.2, 0.25) is 0 Å². The van der Waals surface area contributed by atoms with E-state index < -0.39 is 0 Å². The van der Waals surface area contributed by atoms with Crippen molar-refractivity contribution in [2.24, 2.45) is 5.92 Å². The van der Waals surface area contributed by atoms with Crippen LogP contribution in [0.4, 0.5) is 11.5 Å². The molecule has 0 unspecified atom stereocenters. The van der Waals surface area contributed by atoms with E-state index in [2.05, 4.69) is 43.9 Å². The monoisotopic (exact) mass is 440 g/mol. The Balaban J connectivity index is 1.37. The molecule has 1 fully saturated rings. The van der Waals surface area contributed by atoms with Crippen LogP contribution in [0, 0.1) is 5.92 Å². The molecule has 2 aromatic heterocycles. The first-order valence-corrected chi connectivity index (χ1v) is 11.0. The molecule has 1 aliphatic rings. The van der Waals surface area contributed by atoms with Gasteiger partial charge in [-0.3, -0.25) is 4.79 Å². The van der Waals surface area contributed by atoms with Crippen molar-refractivity contribution < 1.29 is 4.79 Å². The lowest BCUT2D eigenvalue weighted by Gasteiger charge is -2.29. The maximum absolute atomic E-state index is 12.3. The highest BCUT2D eigenvalue weighted by atomic mass is 35.5. The Morgan fingerprint density at radius 3 is 2.77 bits per heavy atom. The van der Waals surface area contributed by atoms with Gasteiger partial charge < -0.3 is 25.8 Å². The average molecular weight is 441 g/mol. The number of aromatic nitrogens is 2. The summed E-state index contributed by atoms with van der Waals surface area (Å²) in [7, 11) is 3.80. The number of anilines is 2. The first-order chi connectivity index (χ1) is 15.0. The van der Waals surface area contributed by atoms with Crippen molar-refractivity contribution in [1.82, 2.24) is 20.2 Å². The van der Waals surface area contributed by atoms with E-state index in [9.17, 15) is 4.79 Å². The molecule has 4 rings (SSSR count). The molecular weight excluding hydrogens is 412 g/mol. The molecule has 1 saturated heterocycles. The SMILES string of the molecule is CNC(=O)c1cc(NCc2ccc(NCC3CCN(C)CC3)nc2)cc2c(Cl)c[nH]c12. The maximum atomic E-state index is 12.3. The van der Waals surface area contributed by atoms with Gasteiger partial charge in [0.05, 0.1) is 16.1 Å². The van der Waals surface area contributed by atoms with Gasteiger partial charge >= 0.3 is 0 Å². The third kappa shape index (κ3) is 5.11. The fourth-order valence-electron chi connectivity index (χ4n) is 3.97. The lowest BCUT2D eigenvalue weighted by atomic mass is 9.97. The fourth-order valence-corrected chi connectivity index (χ4v) is 4.17. The summed E-state index contributed by atoms with van der Waals surface area (Å²) >= 11 is 6.28. The lowest BCUT2D eigenvalue weighted by Crippen LogP contribution is -2.33. The number of aromatic amines is 1. The highest BCUT2D eigenvalue weighted by Gasteiger charge is 2.16. The minimum atomic E-state index is -0.158. The molecule has 164 valence electrons. The number of amides is 1. The summed E-state index contributed by atoms with van der Waals surface area (Å²) in [5.74, 6) is 1.46. The second-order valence-corrected chi connectivity index (χ2v) is 8.60. The van der Waals surface area contributed by atoms with Crippen molar-refractivity contribution in [3.8, 4) is 0 Å². The van der Waals surface area contributed by atoms with Gasteiger partial charge in [-0.2, -0.15) is 0 Å². The molecule has 0 bridgehead atoms. The largest absolute Gasteiger partial charge is 0.381 e. The van der Waals surface area contributed by atoms with E-state index in [0.29, 0.717) is 23.0 Å². The average Bonchev–Trinajstić information content (AvgIpc) is 3.17. The number of fused-ring (bicyclic) bond motifs is 1. The molecule has 3 aromatic rings. The number of carbonyl (C=O) groups is 1. The minimum Gasteiger partial charge on any atom is -0.381 e. The number of likely N-dealkylation sites (tertiary alicyclic amines) is 1. The van der Waals surface area contributed by atoms with Crippen molar-refractivity contribution >= 4 is 39.9 Å². The topological polar surface area (TPSA) is 85.1 Å².